The van der Waals surface area contributed by atoms with E-state index >= 15 is 0 Å². The Bertz CT molecular complexity index is 724. The van der Waals surface area contributed by atoms with Crippen molar-refractivity contribution >= 4 is 5.97 Å². The molecule has 0 saturated heterocycles. The van der Waals surface area contributed by atoms with Gasteiger partial charge in [-0.3, -0.25) is 4.79 Å². The number of rotatable bonds is 9. The molecular weight excluding hydrogens is 334 g/mol. The summed E-state index contributed by atoms with van der Waals surface area (Å²) in [6.07, 6.45) is 3.76. The SMILES string of the molecule is CCOC(=O)CCCCCC(C#N)(c1ccc(C)cc1)c1ccc(C)cc1. The van der Waals surface area contributed by atoms with E-state index in [-0.39, 0.29) is 5.97 Å². The number of ether oxygens (including phenoxy) is 1. The molecule has 0 unspecified atom stereocenters. The zero-order valence-corrected chi connectivity index (χ0v) is 16.6. The van der Waals surface area contributed by atoms with Crippen molar-refractivity contribution in [2.45, 2.75) is 58.3 Å². The number of benzene rings is 2. The molecule has 0 aliphatic carbocycles. The predicted octanol–water partition coefficient (Wildman–Crippen LogP) is 5.63. The molecule has 0 aliphatic rings. The summed E-state index contributed by atoms with van der Waals surface area (Å²) in [5, 5.41) is 10.2. The standard InChI is InChI=1S/C24H29NO2/c1-4-27-23(26)8-6-5-7-17-24(18-25,21-13-9-19(2)10-14-21)22-15-11-20(3)12-16-22/h9-16H,4-8,17H2,1-3H3. The molecule has 2 aromatic rings. The average Bonchev–Trinajstić information content (AvgIpc) is 2.67. The summed E-state index contributed by atoms with van der Waals surface area (Å²) in [5.41, 5.74) is 3.77. The quantitative estimate of drug-likeness (QED) is 0.429. The molecule has 0 radical (unpaired) electrons. The lowest BCUT2D eigenvalue weighted by atomic mass is 9.72. The van der Waals surface area contributed by atoms with Gasteiger partial charge in [-0.05, 0) is 44.7 Å². The van der Waals surface area contributed by atoms with Gasteiger partial charge < -0.3 is 4.74 Å². The fourth-order valence-electron chi connectivity index (χ4n) is 3.39. The van der Waals surface area contributed by atoms with Crippen LogP contribution in [0.4, 0.5) is 0 Å². The van der Waals surface area contributed by atoms with E-state index in [0.717, 1.165) is 36.8 Å². The van der Waals surface area contributed by atoms with Gasteiger partial charge in [-0.25, -0.2) is 0 Å². The molecule has 0 heterocycles. The second-order valence-electron chi connectivity index (χ2n) is 7.11. The highest BCUT2D eigenvalue weighted by atomic mass is 16.5. The van der Waals surface area contributed by atoms with Crippen LogP contribution in [-0.4, -0.2) is 12.6 Å². The first-order valence-electron chi connectivity index (χ1n) is 9.73. The van der Waals surface area contributed by atoms with Gasteiger partial charge in [0.05, 0.1) is 12.7 Å². The number of hydrogen-bond acceptors (Lipinski definition) is 3. The van der Waals surface area contributed by atoms with Gasteiger partial charge in [0.1, 0.15) is 5.41 Å². The molecule has 0 N–H and O–H groups in total. The van der Waals surface area contributed by atoms with E-state index in [4.69, 9.17) is 4.74 Å². The predicted molar refractivity (Wildman–Crippen MR) is 108 cm³/mol. The van der Waals surface area contributed by atoms with Crippen molar-refractivity contribution in [1.82, 2.24) is 0 Å². The molecule has 2 rings (SSSR count). The van der Waals surface area contributed by atoms with Crippen molar-refractivity contribution in [2.24, 2.45) is 0 Å². The van der Waals surface area contributed by atoms with Crippen molar-refractivity contribution in [3.8, 4) is 6.07 Å². The lowest BCUT2D eigenvalue weighted by molar-refractivity contribution is -0.143. The van der Waals surface area contributed by atoms with E-state index in [1.807, 2.05) is 6.92 Å². The lowest BCUT2D eigenvalue weighted by Crippen LogP contribution is -2.26. The molecule has 0 aliphatic heterocycles. The molecule has 142 valence electrons. The van der Waals surface area contributed by atoms with Crippen LogP contribution in [0.25, 0.3) is 0 Å². The van der Waals surface area contributed by atoms with Crippen LogP contribution in [0.2, 0.25) is 0 Å². The number of unbranched alkanes of at least 4 members (excludes halogenated alkanes) is 2. The molecule has 0 bridgehead atoms. The summed E-state index contributed by atoms with van der Waals surface area (Å²) in [6.45, 7) is 6.36. The van der Waals surface area contributed by atoms with Crippen molar-refractivity contribution in [3.63, 3.8) is 0 Å². The monoisotopic (exact) mass is 363 g/mol. The van der Waals surface area contributed by atoms with Crippen molar-refractivity contribution < 1.29 is 9.53 Å². The zero-order valence-electron chi connectivity index (χ0n) is 16.6. The van der Waals surface area contributed by atoms with E-state index < -0.39 is 5.41 Å². The maximum atomic E-state index is 11.5. The summed E-state index contributed by atoms with van der Waals surface area (Å²) in [5.74, 6) is -0.138. The lowest BCUT2D eigenvalue weighted by Gasteiger charge is -2.28. The Labute approximate surface area is 163 Å². The Morgan fingerprint density at radius 1 is 0.926 bits per heavy atom. The Balaban J connectivity index is 2.17. The van der Waals surface area contributed by atoms with Crippen LogP contribution in [-0.2, 0) is 14.9 Å². The number of nitriles is 1. The van der Waals surface area contributed by atoms with E-state index in [1.165, 1.54) is 11.1 Å². The largest absolute Gasteiger partial charge is 0.466 e. The maximum absolute atomic E-state index is 11.5. The second-order valence-corrected chi connectivity index (χ2v) is 7.11. The molecular formula is C24H29NO2. The van der Waals surface area contributed by atoms with Crippen LogP contribution < -0.4 is 0 Å². The molecule has 0 amide bonds. The first-order chi connectivity index (χ1) is 13.0. The third-order valence-corrected chi connectivity index (χ3v) is 5.02. The van der Waals surface area contributed by atoms with Gasteiger partial charge in [-0.15, -0.1) is 0 Å². The Kier molecular flexibility index (Phi) is 7.61. The number of aryl methyl sites for hydroxylation is 2. The molecule has 27 heavy (non-hydrogen) atoms. The summed E-state index contributed by atoms with van der Waals surface area (Å²) < 4.78 is 4.98. The van der Waals surface area contributed by atoms with Gasteiger partial charge in [0.15, 0.2) is 0 Å². The van der Waals surface area contributed by atoms with Crippen LogP contribution in [0.1, 0.15) is 61.3 Å². The van der Waals surface area contributed by atoms with Gasteiger partial charge in [0.2, 0.25) is 0 Å². The highest BCUT2D eigenvalue weighted by Gasteiger charge is 2.33. The normalized spacial score (nSPS) is 11.0. The minimum Gasteiger partial charge on any atom is -0.466 e. The Hall–Kier alpha value is -2.60. The topological polar surface area (TPSA) is 50.1 Å². The third kappa shape index (κ3) is 5.44. The van der Waals surface area contributed by atoms with E-state index in [9.17, 15) is 10.1 Å². The van der Waals surface area contributed by atoms with Crippen molar-refractivity contribution in [1.29, 1.82) is 5.26 Å². The second kappa shape index (κ2) is 9.92. The van der Waals surface area contributed by atoms with Gasteiger partial charge in [0, 0.05) is 6.42 Å². The number of carbonyl (C=O) groups excluding carboxylic acids is 1. The van der Waals surface area contributed by atoms with Crippen LogP contribution >= 0.6 is 0 Å². The zero-order chi connectivity index (χ0) is 19.7. The summed E-state index contributed by atoms with van der Waals surface area (Å²) in [4.78, 5) is 11.5. The Morgan fingerprint density at radius 2 is 1.44 bits per heavy atom. The smallest absolute Gasteiger partial charge is 0.305 e. The summed E-state index contributed by atoms with van der Waals surface area (Å²) in [6, 6.07) is 19.1. The highest BCUT2D eigenvalue weighted by Crippen LogP contribution is 2.37. The highest BCUT2D eigenvalue weighted by molar-refractivity contribution is 5.69. The third-order valence-electron chi connectivity index (χ3n) is 5.02. The summed E-state index contributed by atoms with van der Waals surface area (Å²) in [7, 11) is 0. The van der Waals surface area contributed by atoms with E-state index in [1.54, 1.807) is 0 Å². The van der Waals surface area contributed by atoms with Crippen molar-refractivity contribution in [2.75, 3.05) is 6.61 Å². The average molecular weight is 364 g/mol. The molecule has 0 atom stereocenters. The molecule has 3 nitrogen and oxygen atoms in total. The van der Waals surface area contributed by atoms with Gasteiger partial charge in [-0.2, -0.15) is 5.26 Å². The van der Waals surface area contributed by atoms with Gasteiger partial charge in [0.25, 0.3) is 0 Å². The summed E-state index contributed by atoms with van der Waals surface area (Å²) >= 11 is 0. The fraction of sp³-hybridized carbons (Fsp3) is 0.417. The van der Waals surface area contributed by atoms with Crippen LogP contribution in [0.3, 0.4) is 0 Å². The number of hydrogen-bond donors (Lipinski definition) is 0. The number of esters is 1. The Morgan fingerprint density at radius 3 is 1.89 bits per heavy atom. The van der Waals surface area contributed by atoms with E-state index in [0.29, 0.717) is 13.0 Å². The molecule has 0 fully saturated rings. The minimum absolute atomic E-state index is 0.138. The first kappa shape index (κ1) is 20.7. The van der Waals surface area contributed by atoms with Gasteiger partial charge >= 0.3 is 5.97 Å². The van der Waals surface area contributed by atoms with Crippen LogP contribution in [0, 0.1) is 25.2 Å². The molecule has 0 saturated carbocycles. The molecule has 3 heteroatoms. The van der Waals surface area contributed by atoms with Gasteiger partial charge in [-0.1, -0.05) is 72.5 Å². The van der Waals surface area contributed by atoms with Crippen LogP contribution in [0.15, 0.2) is 48.5 Å². The van der Waals surface area contributed by atoms with Crippen LogP contribution in [0.5, 0.6) is 0 Å². The van der Waals surface area contributed by atoms with Crippen molar-refractivity contribution in [3.05, 3.63) is 70.8 Å². The van der Waals surface area contributed by atoms with E-state index in [2.05, 4.69) is 68.4 Å². The first-order valence-corrected chi connectivity index (χ1v) is 9.73. The molecule has 0 aromatic heterocycles. The maximum Gasteiger partial charge on any atom is 0.305 e. The molecule has 0 spiro atoms. The minimum atomic E-state index is -0.661. The fourth-order valence-corrected chi connectivity index (χ4v) is 3.39. The number of nitrogens with zero attached hydrogens (tertiary/aromatic N) is 1. The number of carbonyl (C=O) groups is 1. The molecule has 2 aromatic carbocycles.